The number of allylic oxidation sites excluding steroid dienone is 1. The molecule has 0 bridgehead atoms. The Bertz CT molecular complexity index is 1670. The Morgan fingerprint density at radius 3 is 2.58 bits per heavy atom. The van der Waals surface area contributed by atoms with Gasteiger partial charge >= 0.3 is 5.69 Å². The number of nitrogens with zero attached hydrogens (tertiary/aromatic N) is 5. The molecule has 3 aromatic rings. The van der Waals surface area contributed by atoms with Crippen molar-refractivity contribution in [1.29, 1.82) is 0 Å². The van der Waals surface area contributed by atoms with Crippen LogP contribution in [0.15, 0.2) is 34.6 Å². The minimum absolute atomic E-state index is 0.161. The number of aromatic amines is 1. The first-order valence-electron chi connectivity index (χ1n) is 14.1. The standard InChI is InChI=1S/C29H36N8O6/c1-17-32-26(30)24-27(33-17)37(28(41)34-24)13-10-35-8-11-36(12-9-35)43-16-29(2,3)19-14-20(38)23-18(25(19)40)6-5-7-21(23)42-15-22(39)31-4/h5-7,14H,8-13,15-16H2,1-4H3,(H,31,39)(H,34,41)(H2,30,32,33). The number of Topliss-reactive ketones (excluding diaryl/α,β-unsaturated/α-hetero) is 1. The lowest BCUT2D eigenvalue weighted by Crippen LogP contribution is -2.48. The van der Waals surface area contributed by atoms with Crippen LogP contribution in [0.25, 0.3) is 11.2 Å². The monoisotopic (exact) mass is 592 g/mol. The van der Waals surface area contributed by atoms with Crippen LogP contribution in [0.2, 0.25) is 0 Å². The van der Waals surface area contributed by atoms with Crippen molar-refractivity contribution in [1.82, 2.24) is 34.8 Å². The smallest absolute Gasteiger partial charge is 0.327 e. The van der Waals surface area contributed by atoms with Crippen molar-refractivity contribution in [2.45, 2.75) is 27.3 Å². The normalized spacial score (nSPS) is 16.3. The van der Waals surface area contributed by atoms with Crippen molar-refractivity contribution >= 4 is 34.5 Å². The molecule has 0 radical (unpaired) electrons. The van der Waals surface area contributed by atoms with E-state index in [1.165, 1.54) is 13.1 Å². The predicted molar refractivity (Wildman–Crippen MR) is 158 cm³/mol. The number of hydroxylamine groups is 2. The zero-order valence-corrected chi connectivity index (χ0v) is 24.7. The third-order valence-corrected chi connectivity index (χ3v) is 7.75. The second-order valence-corrected chi connectivity index (χ2v) is 11.3. The molecule has 5 rings (SSSR count). The number of aryl methyl sites for hydroxylation is 1. The molecule has 2 aromatic heterocycles. The van der Waals surface area contributed by atoms with E-state index in [1.807, 2.05) is 18.9 Å². The number of fused-ring (bicyclic) bond motifs is 2. The van der Waals surface area contributed by atoms with Crippen molar-refractivity contribution < 1.29 is 24.0 Å². The van der Waals surface area contributed by atoms with E-state index in [2.05, 4.69) is 25.2 Å². The maximum Gasteiger partial charge on any atom is 0.327 e. The van der Waals surface area contributed by atoms with Crippen LogP contribution in [0.4, 0.5) is 5.82 Å². The molecule has 2 aliphatic rings. The number of carbonyl (C=O) groups excluding carboxylic acids is 3. The van der Waals surface area contributed by atoms with Gasteiger partial charge in [0.1, 0.15) is 17.1 Å². The number of aromatic nitrogens is 4. The number of hydrogen-bond acceptors (Lipinski definition) is 11. The number of nitrogens with one attached hydrogen (secondary N) is 2. The highest BCUT2D eigenvalue weighted by Gasteiger charge is 2.37. The summed E-state index contributed by atoms with van der Waals surface area (Å²) in [6.45, 7) is 9.22. The molecule has 0 spiro atoms. The maximum atomic E-state index is 13.5. The van der Waals surface area contributed by atoms with E-state index in [0.717, 1.165) is 13.1 Å². The second-order valence-electron chi connectivity index (χ2n) is 11.3. The molecule has 1 fully saturated rings. The van der Waals surface area contributed by atoms with Gasteiger partial charge in [-0.3, -0.25) is 28.7 Å². The number of nitrogens with two attached hydrogens (primary N) is 1. The Morgan fingerprint density at radius 1 is 1.12 bits per heavy atom. The van der Waals surface area contributed by atoms with E-state index >= 15 is 0 Å². The quantitative estimate of drug-likeness (QED) is 0.302. The number of ketones is 2. The number of imidazole rings is 1. The first-order valence-corrected chi connectivity index (χ1v) is 14.1. The Morgan fingerprint density at radius 2 is 1.86 bits per heavy atom. The molecule has 1 aromatic carbocycles. The van der Waals surface area contributed by atoms with Crippen LogP contribution in [0.5, 0.6) is 5.75 Å². The lowest BCUT2D eigenvalue weighted by atomic mass is 9.76. The highest BCUT2D eigenvalue weighted by atomic mass is 16.7. The zero-order chi connectivity index (χ0) is 30.9. The average Bonchev–Trinajstić information content (AvgIpc) is 3.30. The topological polar surface area (TPSA) is 178 Å². The molecule has 1 aliphatic heterocycles. The summed E-state index contributed by atoms with van der Waals surface area (Å²) in [5.41, 5.74) is 6.64. The van der Waals surface area contributed by atoms with Gasteiger partial charge in [-0.25, -0.2) is 14.8 Å². The van der Waals surface area contributed by atoms with E-state index in [4.69, 9.17) is 15.3 Å². The molecule has 3 heterocycles. The Labute approximate surface area is 247 Å². The molecule has 1 amide bonds. The summed E-state index contributed by atoms with van der Waals surface area (Å²) >= 11 is 0. The largest absolute Gasteiger partial charge is 0.483 e. The van der Waals surface area contributed by atoms with Crippen molar-refractivity contribution in [2.24, 2.45) is 5.41 Å². The number of hydrogen-bond donors (Lipinski definition) is 3. The molecule has 43 heavy (non-hydrogen) atoms. The summed E-state index contributed by atoms with van der Waals surface area (Å²) in [6, 6.07) is 4.80. The summed E-state index contributed by atoms with van der Waals surface area (Å²) in [7, 11) is 1.49. The number of H-pyrrole nitrogens is 1. The molecule has 0 saturated carbocycles. The number of rotatable bonds is 10. The van der Waals surface area contributed by atoms with Gasteiger partial charge in [-0.2, -0.15) is 5.06 Å². The van der Waals surface area contributed by atoms with Crippen LogP contribution in [0.3, 0.4) is 0 Å². The number of nitrogen functional groups attached to an aromatic ring is 1. The molecule has 1 saturated heterocycles. The number of anilines is 1. The maximum absolute atomic E-state index is 13.5. The van der Waals surface area contributed by atoms with Gasteiger partial charge in [0.25, 0.3) is 5.91 Å². The lowest BCUT2D eigenvalue weighted by Gasteiger charge is -2.36. The molecular weight excluding hydrogens is 556 g/mol. The van der Waals surface area contributed by atoms with E-state index < -0.39 is 5.41 Å². The van der Waals surface area contributed by atoms with Gasteiger partial charge in [-0.15, -0.1) is 0 Å². The fourth-order valence-electron chi connectivity index (χ4n) is 5.25. The van der Waals surface area contributed by atoms with E-state index in [0.29, 0.717) is 48.7 Å². The summed E-state index contributed by atoms with van der Waals surface area (Å²) in [5.74, 6) is -0.0114. The summed E-state index contributed by atoms with van der Waals surface area (Å²) < 4.78 is 7.11. The van der Waals surface area contributed by atoms with Gasteiger partial charge in [0.15, 0.2) is 29.6 Å². The number of benzene rings is 1. The van der Waals surface area contributed by atoms with Gasteiger partial charge < -0.3 is 20.8 Å². The fourth-order valence-corrected chi connectivity index (χ4v) is 5.25. The van der Waals surface area contributed by atoms with Crippen LogP contribution in [0, 0.1) is 12.3 Å². The molecule has 1 aliphatic carbocycles. The third kappa shape index (κ3) is 6.21. The van der Waals surface area contributed by atoms with Gasteiger partial charge in [0, 0.05) is 62.9 Å². The van der Waals surface area contributed by atoms with Gasteiger partial charge in [0.05, 0.1) is 12.2 Å². The SMILES string of the molecule is CNC(=O)COc1cccc2c1C(=O)C=C(C(C)(C)CON1CCN(CCn3c(=O)[nH]c4c(N)nc(C)nc43)CC1)C2=O. The Balaban J connectivity index is 1.16. The highest BCUT2D eigenvalue weighted by Crippen LogP contribution is 2.37. The van der Waals surface area contributed by atoms with Crippen LogP contribution >= 0.6 is 0 Å². The molecule has 0 unspecified atom stereocenters. The Kier molecular flexibility index (Phi) is 8.44. The molecule has 14 nitrogen and oxygen atoms in total. The number of piperazine rings is 1. The molecule has 228 valence electrons. The summed E-state index contributed by atoms with van der Waals surface area (Å²) in [6.07, 6.45) is 1.35. The van der Waals surface area contributed by atoms with Crippen molar-refractivity contribution in [2.75, 3.05) is 58.7 Å². The Hall–Kier alpha value is -4.40. The first-order chi connectivity index (χ1) is 20.5. The van der Waals surface area contributed by atoms with Gasteiger partial charge in [0.2, 0.25) is 0 Å². The molecular formula is C29H36N8O6. The lowest BCUT2D eigenvalue weighted by molar-refractivity contribution is -0.191. The average molecular weight is 593 g/mol. The number of likely N-dealkylation sites (N-methyl/N-ethyl adjacent to an activating group) is 1. The van der Waals surface area contributed by atoms with E-state index in [9.17, 15) is 19.2 Å². The van der Waals surface area contributed by atoms with Crippen molar-refractivity contribution in [3.63, 3.8) is 0 Å². The van der Waals surface area contributed by atoms with E-state index in [1.54, 1.807) is 29.7 Å². The number of carbonyl (C=O) groups is 3. The van der Waals surface area contributed by atoms with Crippen LogP contribution < -0.4 is 21.5 Å². The van der Waals surface area contributed by atoms with Crippen molar-refractivity contribution in [3.05, 3.63) is 57.3 Å². The van der Waals surface area contributed by atoms with Gasteiger partial charge in [-0.05, 0) is 19.1 Å². The molecule has 14 heteroatoms. The van der Waals surface area contributed by atoms with Crippen LogP contribution in [0.1, 0.15) is 40.4 Å². The molecule has 4 N–H and O–H groups in total. The van der Waals surface area contributed by atoms with Crippen molar-refractivity contribution in [3.8, 4) is 5.75 Å². The fraction of sp³-hybridized carbons (Fsp3) is 0.448. The van der Waals surface area contributed by atoms with E-state index in [-0.39, 0.29) is 59.1 Å². The molecule has 0 atom stereocenters. The highest BCUT2D eigenvalue weighted by molar-refractivity contribution is 6.26. The first kappa shape index (κ1) is 30.1. The predicted octanol–water partition coefficient (Wildman–Crippen LogP) is 0.716. The third-order valence-electron chi connectivity index (χ3n) is 7.75. The van der Waals surface area contributed by atoms with Crippen LogP contribution in [-0.4, -0.2) is 99.9 Å². The van der Waals surface area contributed by atoms with Crippen LogP contribution in [-0.2, 0) is 16.2 Å². The minimum Gasteiger partial charge on any atom is -0.483 e. The summed E-state index contributed by atoms with van der Waals surface area (Å²) in [5, 5.41) is 4.32. The second kappa shape index (κ2) is 12.1. The minimum atomic E-state index is -0.751. The number of ether oxygens (including phenoxy) is 1. The zero-order valence-electron chi connectivity index (χ0n) is 24.7. The number of amides is 1. The van der Waals surface area contributed by atoms with Gasteiger partial charge in [-0.1, -0.05) is 26.0 Å². The summed E-state index contributed by atoms with van der Waals surface area (Å²) in [4.78, 5) is 70.3.